The first-order valence-corrected chi connectivity index (χ1v) is 6.14. The smallest absolute Gasteiger partial charge is 0.190 e. The van der Waals surface area contributed by atoms with Gasteiger partial charge < -0.3 is 0 Å². The van der Waals surface area contributed by atoms with Crippen molar-refractivity contribution in [3.05, 3.63) is 35.9 Å². The van der Waals surface area contributed by atoms with Gasteiger partial charge in [-0.15, -0.1) is 0 Å². The minimum atomic E-state index is -0.601. The van der Waals surface area contributed by atoms with Crippen LogP contribution in [0, 0.1) is 0 Å². The van der Waals surface area contributed by atoms with Crippen LogP contribution in [-0.4, -0.2) is 9.02 Å². The van der Waals surface area contributed by atoms with Crippen molar-refractivity contribution in [3.8, 4) is 0 Å². The average Bonchev–Trinajstić information content (AvgIpc) is 2.18. The Balaban J connectivity index is 2.85. The van der Waals surface area contributed by atoms with Crippen LogP contribution in [-0.2, 0) is 0 Å². The van der Waals surface area contributed by atoms with E-state index in [1.54, 1.807) is 0 Å². The van der Waals surface area contributed by atoms with Crippen molar-refractivity contribution in [2.75, 3.05) is 0 Å². The van der Waals surface area contributed by atoms with Crippen LogP contribution in [0.1, 0.15) is 30.1 Å². The molecule has 0 atom stereocenters. The summed E-state index contributed by atoms with van der Waals surface area (Å²) in [6.45, 7) is 2.05. The van der Waals surface area contributed by atoms with Crippen molar-refractivity contribution < 1.29 is 4.79 Å². The first-order chi connectivity index (χ1) is 6.58. The van der Waals surface area contributed by atoms with Gasteiger partial charge in [0.1, 0.15) is 3.23 Å². The van der Waals surface area contributed by atoms with E-state index < -0.39 is 3.23 Å². The fraction of sp³-hybridized carbons (Fsp3) is 0.364. The summed E-state index contributed by atoms with van der Waals surface area (Å²) >= 11 is 6.82. The second-order valence-electron chi connectivity index (χ2n) is 3.15. The summed E-state index contributed by atoms with van der Waals surface area (Å²) in [5.41, 5.74) is 0.731. The van der Waals surface area contributed by atoms with Gasteiger partial charge in [0, 0.05) is 5.56 Å². The molecule has 0 unspecified atom stereocenters. The molecule has 0 heterocycles. The van der Waals surface area contributed by atoms with Crippen LogP contribution in [0.3, 0.4) is 0 Å². The van der Waals surface area contributed by atoms with E-state index >= 15 is 0 Å². The zero-order valence-corrected chi connectivity index (χ0v) is 11.1. The highest BCUT2D eigenvalue weighted by Gasteiger charge is 2.31. The van der Waals surface area contributed by atoms with Crippen molar-refractivity contribution in [1.82, 2.24) is 0 Å². The van der Waals surface area contributed by atoms with Gasteiger partial charge in [-0.1, -0.05) is 75.5 Å². The summed E-state index contributed by atoms with van der Waals surface area (Å²) in [5.74, 6) is 0.0833. The summed E-state index contributed by atoms with van der Waals surface area (Å²) < 4.78 is -0.601. The lowest BCUT2D eigenvalue weighted by Crippen LogP contribution is -2.24. The molecule has 0 radical (unpaired) electrons. The Labute approximate surface area is 101 Å². The van der Waals surface area contributed by atoms with E-state index in [-0.39, 0.29) is 5.78 Å². The SMILES string of the molecule is CCCC(Br)(Br)C(=O)c1ccccc1. The highest BCUT2D eigenvalue weighted by atomic mass is 79.9. The number of halogens is 2. The summed E-state index contributed by atoms with van der Waals surface area (Å²) in [5, 5.41) is 0. The maximum absolute atomic E-state index is 12.0. The minimum absolute atomic E-state index is 0.0833. The molecule has 0 saturated heterocycles. The highest BCUT2D eigenvalue weighted by Crippen LogP contribution is 2.35. The fourth-order valence-corrected chi connectivity index (χ4v) is 2.48. The van der Waals surface area contributed by atoms with Gasteiger partial charge in [-0.2, -0.15) is 0 Å². The molecule has 0 aliphatic rings. The Morgan fingerprint density at radius 2 is 1.86 bits per heavy atom. The summed E-state index contributed by atoms with van der Waals surface area (Å²) in [4.78, 5) is 12.0. The van der Waals surface area contributed by atoms with E-state index in [2.05, 4.69) is 38.8 Å². The van der Waals surface area contributed by atoms with E-state index in [1.807, 2.05) is 30.3 Å². The first-order valence-electron chi connectivity index (χ1n) is 4.55. The maximum atomic E-state index is 12.0. The van der Waals surface area contributed by atoms with Gasteiger partial charge in [0.2, 0.25) is 0 Å². The maximum Gasteiger partial charge on any atom is 0.190 e. The van der Waals surface area contributed by atoms with Gasteiger partial charge in [-0.25, -0.2) is 0 Å². The minimum Gasteiger partial charge on any atom is -0.292 e. The zero-order valence-electron chi connectivity index (χ0n) is 7.97. The molecule has 1 aromatic rings. The van der Waals surface area contributed by atoms with E-state index in [0.29, 0.717) is 0 Å². The largest absolute Gasteiger partial charge is 0.292 e. The number of hydrogen-bond donors (Lipinski definition) is 0. The van der Waals surface area contributed by atoms with Crippen LogP contribution >= 0.6 is 31.9 Å². The second-order valence-corrected chi connectivity index (χ2v) is 6.92. The van der Waals surface area contributed by atoms with Gasteiger partial charge in [-0.3, -0.25) is 4.79 Å². The van der Waals surface area contributed by atoms with Crippen molar-refractivity contribution >= 4 is 37.6 Å². The summed E-state index contributed by atoms with van der Waals surface area (Å²) in [7, 11) is 0. The lowest BCUT2D eigenvalue weighted by molar-refractivity contribution is 0.0979. The van der Waals surface area contributed by atoms with Crippen LogP contribution in [0.2, 0.25) is 0 Å². The van der Waals surface area contributed by atoms with Gasteiger partial charge in [0.25, 0.3) is 0 Å². The van der Waals surface area contributed by atoms with Crippen molar-refractivity contribution in [1.29, 1.82) is 0 Å². The Hall–Kier alpha value is -0.150. The molecule has 14 heavy (non-hydrogen) atoms. The third kappa shape index (κ3) is 2.92. The number of benzene rings is 1. The number of Topliss-reactive ketones (excluding diaryl/α,β-unsaturated/α-hetero) is 1. The number of carbonyl (C=O) groups excluding carboxylic acids is 1. The van der Waals surface area contributed by atoms with Crippen molar-refractivity contribution in [2.45, 2.75) is 23.0 Å². The predicted molar refractivity (Wildman–Crippen MR) is 66.3 cm³/mol. The lowest BCUT2D eigenvalue weighted by Gasteiger charge is -2.17. The molecule has 1 aromatic carbocycles. The molecule has 0 aromatic heterocycles. The molecule has 0 spiro atoms. The molecule has 1 rings (SSSR count). The van der Waals surface area contributed by atoms with Crippen LogP contribution < -0.4 is 0 Å². The molecule has 0 fully saturated rings. The van der Waals surface area contributed by atoms with Gasteiger partial charge in [0.05, 0.1) is 0 Å². The molecular weight excluding hydrogens is 308 g/mol. The first kappa shape index (κ1) is 11.9. The van der Waals surface area contributed by atoms with Crippen LogP contribution in [0.15, 0.2) is 30.3 Å². The number of hydrogen-bond acceptors (Lipinski definition) is 1. The van der Waals surface area contributed by atoms with Crippen LogP contribution in [0.4, 0.5) is 0 Å². The average molecular weight is 320 g/mol. The Morgan fingerprint density at radius 3 is 2.36 bits per heavy atom. The summed E-state index contributed by atoms with van der Waals surface area (Å²) in [6, 6.07) is 9.30. The van der Waals surface area contributed by atoms with Gasteiger partial charge in [0.15, 0.2) is 5.78 Å². The van der Waals surface area contributed by atoms with E-state index in [4.69, 9.17) is 0 Å². The Kier molecular flexibility index (Phi) is 4.32. The van der Waals surface area contributed by atoms with Crippen molar-refractivity contribution in [2.24, 2.45) is 0 Å². The molecule has 0 aliphatic heterocycles. The molecule has 3 heteroatoms. The van der Waals surface area contributed by atoms with E-state index in [0.717, 1.165) is 18.4 Å². The van der Waals surface area contributed by atoms with Crippen LogP contribution in [0.25, 0.3) is 0 Å². The number of alkyl halides is 2. The molecule has 0 saturated carbocycles. The number of carbonyl (C=O) groups is 1. The normalized spacial score (nSPS) is 11.4. The summed E-state index contributed by atoms with van der Waals surface area (Å²) in [6.07, 6.45) is 1.73. The third-order valence-electron chi connectivity index (χ3n) is 1.93. The third-order valence-corrected chi connectivity index (χ3v) is 3.45. The van der Waals surface area contributed by atoms with Crippen LogP contribution in [0.5, 0.6) is 0 Å². The molecule has 1 nitrogen and oxygen atoms in total. The van der Waals surface area contributed by atoms with Gasteiger partial charge in [-0.05, 0) is 6.42 Å². The number of ketones is 1. The number of rotatable bonds is 4. The molecule has 0 N–H and O–H groups in total. The molecular formula is C11H12Br2O. The topological polar surface area (TPSA) is 17.1 Å². The molecule has 0 bridgehead atoms. The second kappa shape index (κ2) is 5.08. The highest BCUT2D eigenvalue weighted by molar-refractivity contribution is 9.25. The quantitative estimate of drug-likeness (QED) is 0.601. The standard InChI is InChI=1S/C11H12Br2O/c1-2-8-11(12,13)10(14)9-6-4-3-5-7-9/h3-7H,2,8H2,1H3. The Morgan fingerprint density at radius 1 is 1.29 bits per heavy atom. The lowest BCUT2D eigenvalue weighted by atomic mass is 10.1. The molecule has 0 aliphatic carbocycles. The Bertz CT molecular complexity index is 306. The fourth-order valence-electron chi connectivity index (χ4n) is 1.23. The zero-order chi connectivity index (χ0) is 10.6. The predicted octanol–water partition coefficient (Wildman–Crippen LogP) is 4.16. The molecule has 76 valence electrons. The van der Waals surface area contributed by atoms with E-state index in [1.165, 1.54) is 0 Å². The monoisotopic (exact) mass is 318 g/mol. The van der Waals surface area contributed by atoms with E-state index in [9.17, 15) is 4.79 Å². The van der Waals surface area contributed by atoms with Crippen molar-refractivity contribution in [3.63, 3.8) is 0 Å². The van der Waals surface area contributed by atoms with Gasteiger partial charge >= 0.3 is 0 Å². The molecule has 0 amide bonds.